The van der Waals surface area contributed by atoms with E-state index in [1.807, 2.05) is 60.7 Å². The van der Waals surface area contributed by atoms with Crippen LogP contribution >= 0.6 is 0 Å². The van der Waals surface area contributed by atoms with Gasteiger partial charge in [0.2, 0.25) is 0 Å². The smallest absolute Gasteiger partial charge is 0.181 e. The molecule has 0 saturated carbocycles. The highest BCUT2D eigenvalue weighted by atomic mass is 16.2. The van der Waals surface area contributed by atoms with Gasteiger partial charge in [0, 0.05) is 11.1 Å². The van der Waals surface area contributed by atoms with Crippen LogP contribution in [0.4, 0.5) is 0 Å². The molecule has 0 fully saturated rings. The molecule has 2 aliphatic carbocycles. The summed E-state index contributed by atoms with van der Waals surface area (Å²) in [5.74, 6) is -3.05. The molecule has 3 nitrogen and oxygen atoms in total. The number of Topliss-reactive ketones (excluding diaryl/α,β-unsaturated/α-hetero) is 3. The van der Waals surface area contributed by atoms with Crippen LogP contribution in [0.5, 0.6) is 0 Å². The van der Waals surface area contributed by atoms with Gasteiger partial charge in [-0.15, -0.1) is 0 Å². The van der Waals surface area contributed by atoms with E-state index >= 15 is 0 Å². The Bertz CT molecular complexity index is 974. The van der Waals surface area contributed by atoms with Crippen molar-refractivity contribution in [3.8, 4) is 0 Å². The fourth-order valence-electron chi connectivity index (χ4n) is 3.74. The zero-order valence-corrected chi connectivity index (χ0v) is 14.7. The molecule has 0 saturated heterocycles. The van der Waals surface area contributed by atoms with E-state index < -0.39 is 23.4 Å². The maximum absolute atomic E-state index is 13.5. The first-order valence-electron chi connectivity index (χ1n) is 8.98. The van der Waals surface area contributed by atoms with Crippen molar-refractivity contribution in [2.24, 2.45) is 5.92 Å². The van der Waals surface area contributed by atoms with E-state index in [9.17, 15) is 14.4 Å². The van der Waals surface area contributed by atoms with Gasteiger partial charge in [0.15, 0.2) is 17.3 Å². The second kappa shape index (κ2) is 7.12. The molecule has 4 rings (SSSR count). The molecule has 0 N–H and O–H groups in total. The topological polar surface area (TPSA) is 51.2 Å². The maximum Gasteiger partial charge on any atom is 0.181 e. The summed E-state index contributed by atoms with van der Waals surface area (Å²) in [5.41, 5.74) is 2.30. The minimum absolute atomic E-state index is 0.347. The fourth-order valence-corrected chi connectivity index (χ4v) is 3.74. The van der Waals surface area contributed by atoms with Crippen LogP contribution in [0.25, 0.3) is 0 Å². The molecule has 1 unspecified atom stereocenters. The van der Waals surface area contributed by atoms with Gasteiger partial charge in [-0.3, -0.25) is 14.4 Å². The number of fused-ring (bicyclic) bond motifs is 1. The molecule has 27 heavy (non-hydrogen) atoms. The standard InChI is InChI=1S/C24H18O3/c25-22-18-14-8-9-15-19(18)23(26)21(22)24(27)20(17-12-6-3-7-13-17)16-10-4-1-2-5-11-16/h1-4,6-15,20-21H,5H2. The molecule has 2 aromatic carbocycles. The summed E-state index contributed by atoms with van der Waals surface area (Å²) in [6.45, 7) is 0. The van der Waals surface area contributed by atoms with Crippen molar-refractivity contribution in [2.45, 2.75) is 12.3 Å². The summed E-state index contributed by atoms with van der Waals surface area (Å²) in [6, 6.07) is 16.0. The van der Waals surface area contributed by atoms with E-state index in [0.717, 1.165) is 11.1 Å². The van der Waals surface area contributed by atoms with Gasteiger partial charge in [-0.25, -0.2) is 0 Å². The summed E-state index contributed by atoms with van der Waals surface area (Å²) in [6.07, 6.45) is 10.4. The summed E-state index contributed by atoms with van der Waals surface area (Å²) in [4.78, 5) is 39.2. The van der Waals surface area contributed by atoms with Crippen LogP contribution in [0.3, 0.4) is 0 Å². The minimum Gasteiger partial charge on any atom is -0.297 e. The molecule has 0 bridgehead atoms. The molecule has 2 aliphatic rings. The molecule has 0 amide bonds. The van der Waals surface area contributed by atoms with Gasteiger partial charge in [0.05, 0.1) is 5.92 Å². The van der Waals surface area contributed by atoms with Crippen LogP contribution < -0.4 is 0 Å². The lowest BCUT2D eigenvalue weighted by Gasteiger charge is -2.20. The SMILES string of the molecule is O=C1c2ccccc2C(=O)C1C(=O)C(C1=CCC=CC=C1)c1ccccc1. The molecule has 132 valence electrons. The van der Waals surface area contributed by atoms with Crippen molar-refractivity contribution in [2.75, 3.05) is 0 Å². The van der Waals surface area contributed by atoms with Gasteiger partial charge < -0.3 is 0 Å². The first-order chi connectivity index (χ1) is 13.2. The zero-order valence-electron chi connectivity index (χ0n) is 14.7. The average molecular weight is 354 g/mol. The van der Waals surface area contributed by atoms with Crippen molar-refractivity contribution in [1.29, 1.82) is 0 Å². The van der Waals surface area contributed by atoms with Gasteiger partial charge in [0.1, 0.15) is 5.92 Å². The second-order valence-electron chi connectivity index (χ2n) is 6.68. The number of allylic oxidation sites excluding steroid dienone is 6. The van der Waals surface area contributed by atoms with Crippen LogP contribution in [0.2, 0.25) is 0 Å². The summed E-state index contributed by atoms with van der Waals surface area (Å²) < 4.78 is 0. The second-order valence-corrected chi connectivity index (χ2v) is 6.68. The average Bonchev–Trinajstić information content (AvgIpc) is 2.87. The van der Waals surface area contributed by atoms with Crippen molar-refractivity contribution < 1.29 is 14.4 Å². The Balaban J connectivity index is 1.77. The molecular weight excluding hydrogens is 336 g/mol. The number of hydrogen-bond acceptors (Lipinski definition) is 3. The summed E-state index contributed by atoms with van der Waals surface area (Å²) >= 11 is 0. The van der Waals surface area contributed by atoms with Crippen LogP contribution in [-0.2, 0) is 4.79 Å². The highest BCUT2D eigenvalue weighted by Gasteiger charge is 2.45. The highest BCUT2D eigenvalue weighted by molar-refractivity contribution is 6.36. The fraction of sp³-hybridized carbons (Fsp3) is 0.125. The molecule has 0 heterocycles. The highest BCUT2D eigenvalue weighted by Crippen LogP contribution is 2.36. The van der Waals surface area contributed by atoms with E-state index in [-0.39, 0.29) is 5.78 Å². The predicted molar refractivity (Wildman–Crippen MR) is 104 cm³/mol. The van der Waals surface area contributed by atoms with Crippen molar-refractivity contribution >= 4 is 17.3 Å². The molecule has 0 aliphatic heterocycles. The Labute approximate surface area is 157 Å². The van der Waals surface area contributed by atoms with Gasteiger partial charge in [-0.1, -0.05) is 85.0 Å². The van der Waals surface area contributed by atoms with Gasteiger partial charge in [0.25, 0.3) is 0 Å². The summed E-state index contributed by atoms with van der Waals surface area (Å²) in [7, 11) is 0. The van der Waals surface area contributed by atoms with Crippen LogP contribution in [-0.4, -0.2) is 17.3 Å². The van der Waals surface area contributed by atoms with Crippen molar-refractivity contribution in [3.05, 3.63) is 107 Å². The molecule has 2 aromatic rings. The molecular formula is C24H18O3. The molecule has 1 atom stereocenters. The lowest BCUT2D eigenvalue weighted by Crippen LogP contribution is -2.31. The van der Waals surface area contributed by atoms with Crippen molar-refractivity contribution in [1.82, 2.24) is 0 Å². The van der Waals surface area contributed by atoms with Crippen LogP contribution in [0.15, 0.2) is 90.6 Å². The number of carbonyl (C=O) groups excluding carboxylic acids is 3. The van der Waals surface area contributed by atoms with Crippen LogP contribution in [0, 0.1) is 5.92 Å². The lowest BCUT2D eigenvalue weighted by molar-refractivity contribution is -0.120. The number of benzene rings is 2. The van der Waals surface area contributed by atoms with E-state index in [1.165, 1.54) is 0 Å². The third kappa shape index (κ3) is 3.02. The van der Waals surface area contributed by atoms with Gasteiger partial charge in [-0.2, -0.15) is 0 Å². The Morgan fingerprint density at radius 1 is 0.852 bits per heavy atom. The first kappa shape index (κ1) is 17.1. The Hall–Kier alpha value is -3.33. The van der Waals surface area contributed by atoms with E-state index in [0.29, 0.717) is 17.5 Å². The van der Waals surface area contributed by atoms with Crippen molar-refractivity contribution in [3.63, 3.8) is 0 Å². The number of hydrogen-bond donors (Lipinski definition) is 0. The summed E-state index contributed by atoms with van der Waals surface area (Å²) in [5, 5.41) is 0. The van der Waals surface area contributed by atoms with E-state index in [1.54, 1.807) is 24.3 Å². The molecule has 0 radical (unpaired) electrons. The third-order valence-corrected chi connectivity index (χ3v) is 5.04. The van der Waals surface area contributed by atoms with E-state index in [2.05, 4.69) is 0 Å². The van der Waals surface area contributed by atoms with Gasteiger partial charge >= 0.3 is 0 Å². The molecule has 3 heteroatoms. The monoisotopic (exact) mass is 354 g/mol. The quantitative estimate of drug-likeness (QED) is 0.761. The number of rotatable bonds is 4. The Morgan fingerprint density at radius 3 is 2.15 bits per heavy atom. The largest absolute Gasteiger partial charge is 0.297 e. The lowest BCUT2D eigenvalue weighted by atomic mass is 9.80. The normalized spacial score (nSPS) is 17.4. The minimum atomic E-state index is -1.27. The third-order valence-electron chi connectivity index (χ3n) is 5.04. The van der Waals surface area contributed by atoms with Crippen LogP contribution in [0.1, 0.15) is 38.6 Å². The zero-order chi connectivity index (χ0) is 18.8. The number of carbonyl (C=O) groups is 3. The predicted octanol–water partition coefficient (Wildman–Crippen LogP) is 4.48. The molecule has 0 spiro atoms. The Kier molecular flexibility index (Phi) is 4.51. The number of ketones is 3. The van der Waals surface area contributed by atoms with E-state index in [4.69, 9.17) is 0 Å². The van der Waals surface area contributed by atoms with Gasteiger partial charge in [-0.05, 0) is 17.6 Å². The maximum atomic E-state index is 13.5. The molecule has 0 aromatic heterocycles. The Morgan fingerprint density at radius 2 is 1.48 bits per heavy atom. The first-order valence-corrected chi connectivity index (χ1v) is 8.98.